The standard InChI is InChI=1S/C18H13F3O3/c19-13-3-6-16-15(10-13)17(22)12(7-8-23-16)9-11-1-4-14(5-2-11)24-18(20)21/h1-6,9-10,18H,7-8H2/b12-9+. The lowest BCUT2D eigenvalue weighted by Gasteiger charge is -2.06. The van der Waals surface area contributed by atoms with Crippen molar-refractivity contribution >= 4 is 11.9 Å². The highest BCUT2D eigenvalue weighted by Crippen LogP contribution is 2.28. The largest absolute Gasteiger partial charge is 0.492 e. The summed E-state index contributed by atoms with van der Waals surface area (Å²) >= 11 is 0. The first-order chi connectivity index (χ1) is 11.5. The van der Waals surface area contributed by atoms with Gasteiger partial charge in [0.1, 0.15) is 17.3 Å². The molecule has 0 aromatic heterocycles. The van der Waals surface area contributed by atoms with Crippen LogP contribution in [0.2, 0.25) is 0 Å². The second-order valence-corrected chi connectivity index (χ2v) is 5.19. The maximum Gasteiger partial charge on any atom is 0.387 e. The van der Waals surface area contributed by atoms with E-state index in [0.29, 0.717) is 29.9 Å². The summed E-state index contributed by atoms with van der Waals surface area (Å²) in [6.07, 6.45) is 2.00. The zero-order valence-corrected chi connectivity index (χ0v) is 12.5. The number of alkyl halides is 2. The highest BCUT2D eigenvalue weighted by atomic mass is 19.3. The molecule has 0 radical (unpaired) electrons. The average Bonchev–Trinajstić information content (AvgIpc) is 2.69. The van der Waals surface area contributed by atoms with Gasteiger partial charge in [-0.15, -0.1) is 0 Å². The smallest absolute Gasteiger partial charge is 0.387 e. The van der Waals surface area contributed by atoms with Gasteiger partial charge < -0.3 is 9.47 Å². The lowest BCUT2D eigenvalue weighted by molar-refractivity contribution is -0.0498. The Kier molecular flexibility index (Phi) is 4.55. The normalized spacial score (nSPS) is 15.8. The van der Waals surface area contributed by atoms with E-state index in [-0.39, 0.29) is 17.1 Å². The Labute approximate surface area is 136 Å². The van der Waals surface area contributed by atoms with Gasteiger partial charge in [0, 0.05) is 12.0 Å². The van der Waals surface area contributed by atoms with E-state index in [4.69, 9.17) is 4.74 Å². The molecule has 0 fully saturated rings. The van der Waals surface area contributed by atoms with E-state index in [1.807, 2.05) is 0 Å². The molecule has 0 N–H and O–H groups in total. The number of carbonyl (C=O) groups excluding carboxylic acids is 1. The maximum atomic E-state index is 13.4. The van der Waals surface area contributed by atoms with E-state index in [9.17, 15) is 18.0 Å². The van der Waals surface area contributed by atoms with Gasteiger partial charge in [0.05, 0.1) is 12.2 Å². The molecule has 0 saturated carbocycles. The Morgan fingerprint density at radius 3 is 2.58 bits per heavy atom. The Hall–Kier alpha value is -2.76. The fourth-order valence-electron chi connectivity index (χ4n) is 2.45. The number of ketones is 1. The third kappa shape index (κ3) is 3.59. The molecule has 24 heavy (non-hydrogen) atoms. The predicted molar refractivity (Wildman–Crippen MR) is 81.9 cm³/mol. The van der Waals surface area contributed by atoms with Crippen molar-refractivity contribution in [3.05, 3.63) is 65.0 Å². The van der Waals surface area contributed by atoms with Gasteiger partial charge in [-0.25, -0.2) is 4.39 Å². The van der Waals surface area contributed by atoms with Crippen LogP contribution in [-0.2, 0) is 0 Å². The first kappa shape index (κ1) is 16.1. The van der Waals surface area contributed by atoms with Gasteiger partial charge in [0.15, 0.2) is 5.78 Å². The highest BCUT2D eigenvalue weighted by Gasteiger charge is 2.21. The number of hydrogen-bond acceptors (Lipinski definition) is 3. The van der Waals surface area contributed by atoms with Crippen molar-refractivity contribution in [2.24, 2.45) is 0 Å². The molecule has 0 amide bonds. The third-order valence-corrected chi connectivity index (χ3v) is 3.55. The quantitative estimate of drug-likeness (QED) is 0.777. The number of carbonyl (C=O) groups is 1. The number of hydrogen-bond donors (Lipinski definition) is 0. The number of fused-ring (bicyclic) bond motifs is 1. The van der Waals surface area contributed by atoms with Crippen LogP contribution in [0, 0.1) is 5.82 Å². The molecule has 3 nitrogen and oxygen atoms in total. The maximum absolute atomic E-state index is 13.4. The minimum atomic E-state index is -2.89. The molecule has 0 aliphatic carbocycles. The van der Waals surface area contributed by atoms with E-state index < -0.39 is 12.4 Å². The molecular formula is C18H13F3O3. The second kappa shape index (κ2) is 6.78. The van der Waals surface area contributed by atoms with Crippen LogP contribution in [0.15, 0.2) is 48.0 Å². The van der Waals surface area contributed by atoms with Gasteiger partial charge >= 0.3 is 6.61 Å². The molecule has 6 heteroatoms. The van der Waals surface area contributed by atoms with Gasteiger partial charge in [-0.05, 0) is 42.0 Å². The minimum Gasteiger partial charge on any atom is -0.492 e. The van der Waals surface area contributed by atoms with Gasteiger partial charge in [-0.3, -0.25) is 4.79 Å². The summed E-state index contributed by atoms with van der Waals surface area (Å²) in [5.74, 6) is -0.434. The lowest BCUT2D eigenvalue weighted by Crippen LogP contribution is -2.03. The molecule has 3 rings (SSSR count). The number of ether oxygens (including phenoxy) is 2. The zero-order valence-electron chi connectivity index (χ0n) is 12.5. The summed E-state index contributed by atoms with van der Waals surface area (Å²) in [7, 11) is 0. The SMILES string of the molecule is O=C1/C(=C/c2ccc(OC(F)F)cc2)CCOc2ccc(F)cc21. The number of halogens is 3. The van der Waals surface area contributed by atoms with Crippen molar-refractivity contribution in [1.82, 2.24) is 0 Å². The molecule has 2 aromatic rings. The first-order valence-electron chi connectivity index (χ1n) is 7.25. The molecule has 0 spiro atoms. The summed E-state index contributed by atoms with van der Waals surface area (Å²) in [5.41, 5.74) is 1.29. The van der Waals surface area contributed by atoms with E-state index >= 15 is 0 Å². The molecule has 0 unspecified atom stereocenters. The van der Waals surface area contributed by atoms with E-state index in [1.165, 1.54) is 24.3 Å². The molecule has 0 bridgehead atoms. The summed E-state index contributed by atoms with van der Waals surface area (Å²) in [6, 6.07) is 9.74. The molecule has 1 heterocycles. The Balaban J connectivity index is 1.88. The van der Waals surface area contributed by atoms with Crippen LogP contribution in [0.5, 0.6) is 11.5 Å². The van der Waals surface area contributed by atoms with Crippen molar-refractivity contribution in [3.63, 3.8) is 0 Å². The van der Waals surface area contributed by atoms with E-state index in [2.05, 4.69) is 4.74 Å². The van der Waals surface area contributed by atoms with Crippen LogP contribution >= 0.6 is 0 Å². The van der Waals surface area contributed by atoms with Crippen molar-refractivity contribution in [2.45, 2.75) is 13.0 Å². The lowest BCUT2D eigenvalue weighted by atomic mass is 9.99. The van der Waals surface area contributed by atoms with Crippen molar-refractivity contribution in [1.29, 1.82) is 0 Å². The van der Waals surface area contributed by atoms with Gasteiger partial charge in [0.2, 0.25) is 0 Å². The molecule has 2 aromatic carbocycles. The fraction of sp³-hybridized carbons (Fsp3) is 0.167. The topological polar surface area (TPSA) is 35.5 Å². The monoisotopic (exact) mass is 334 g/mol. The zero-order chi connectivity index (χ0) is 17.1. The number of Topliss-reactive ketones (excluding diaryl/α,β-unsaturated/α-hetero) is 1. The Bertz CT molecular complexity index is 783. The predicted octanol–water partition coefficient (Wildman–Crippen LogP) is 4.48. The van der Waals surface area contributed by atoms with Gasteiger partial charge in [-0.2, -0.15) is 8.78 Å². The summed E-state index contributed by atoms with van der Waals surface area (Å²) in [5, 5.41) is 0. The molecule has 0 saturated heterocycles. The minimum absolute atomic E-state index is 0.0371. The van der Waals surface area contributed by atoms with Crippen molar-refractivity contribution in [2.75, 3.05) is 6.61 Å². The molecular weight excluding hydrogens is 321 g/mol. The van der Waals surface area contributed by atoms with Crippen molar-refractivity contribution < 1.29 is 27.4 Å². The summed E-state index contributed by atoms with van der Waals surface area (Å²) in [6.45, 7) is -2.59. The van der Waals surface area contributed by atoms with Gasteiger partial charge in [-0.1, -0.05) is 12.1 Å². The second-order valence-electron chi connectivity index (χ2n) is 5.19. The Morgan fingerprint density at radius 2 is 1.88 bits per heavy atom. The molecule has 0 atom stereocenters. The summed E-state index contributed by atoms with van der Waals surface area (Å²) in [4.78, 5) is 12.6. The number of benzene rings is 2. The fourth-order valence-corrected chi connectivity index (χ4v) is 2.45. The van der Waals surface area contributed by atoms with Crippen LogP contribution in [0.1, 0.15) is 22.3 Å². The van der Waals surface area contributed by atoms with Crippen LogP contribution in [-0.4, -0.2) is 19.0 Å². The molecule has 1 aliphatic rings. The van der Waals surface area contributed by atoms with Crippen LogP contribution in [0.3, 0.4) is 0 Å². The third-order valence-electron chi connectivity index (χ3n) is 3.55. The van der Waals surface area contributed by atoms with E-state index in [1.54, 1.807) is 18.2 Å². The highest BCUT2D eigenvalue weighted by molar-refractivity contribution is 6.13. The van der Waals surface area contributed by atoms with Crippen LogP contribution in [0.4, 0.5) is 13.2 Å². The van der Waals surface area contributed by atoms with Crippen LogP contribution in [0.25, 0.3) is 6.08 Å². The first-order valence-corrected chi connectivity index (χ1v) is 7.25. The van der Waals surface area contributed by atoms with E-state index in [0.717, 1.165) is 6.07 Å². The molecule has 1 aliphatic heterocycles. The Morgan fingerprint density at radius 1 is 1.12 bits per heavy atom. The molecule has 124 valence electrons. The van der Waals surface area contributed by atoms with Crippen LogP contribution < -0.4 is 9.47 Å². The average molecular weight is 334 g/mol. The summed E-state index contributed by atoms with van der Waals surface area (Å²) < 4.78 is 47.4. The van der Waals surface area contributed by atoms with Crippen molar-refractivity contribution in [3.8, 4) is 11.5 Å². The number of rotatable bonds is 3. The van der Waals surface area contributed by atoms with Gasteiger partial charge in [0.25, 0.3) is 0 Å².